The molecule has 0 atom stereocenters. The van der Waals surface area contributed by atoms with Crippen LogP contribution in [0.3, 0.4) is 0 Å². The fourth-order valence-corrected chi connectivity index (χ4v) is 4.07. The summed E-state index contributed by atoms with van der Waals surface area (Å²) in [4.78, 5) is 10.2. The molecule has 0 N–H and O–H groups in total. The van der Waals surface area contributed by atoms with Crippen molar-refractivity contribution in [3.05, 3.63) is 95.6 Å². The average Bonchev–Trinajstić information content (AvgIpc) is 2.89. The third-order valence-electron chi connectivity index (χ3n) is 6.20. The minimum absolute atomic E-state index is 0.861. The van der Waals surface area contributed by atoms with E-state index in [1.54, 1.807) is 0 Å². The standard InChI is InChI=1S/C32H40N2/c1-4-7-12-27-16-21-29(22-17-27)33-31(6-3)32(25-20-26-14-10-9-11-15-26)34-30-23-18-28(19-24-30)13-8-5-2/h9-11,14-19,21-24H,4-8,12-13,20,25H2,1-3H3. The lowest BCUT2D eigenvalue weighted by atomic mass is 10.0. The lowest BCUT2D eigenvalue weighted by Gasteiger charge is -2.11. The van der Waals surface area contributed by atoms with Gasteiger partial charge in [0.25, 0.3) is 0 Å². The zero-order chi connectivity index (χ0) is 24.0. The van der Waals surface area contributed by atoms with Crippen LogP contribution in [0.25, 0.3) is 0 Å². The van der Waals surface area contributed by atoms with Crippen molar-refractivity contribution >= 4 is 22.8 Å². The lowest BCUT2D eigenvalue weighted by Crippen LogP contribution is -2.14. The van der Waals surface area contributed by atoms with Crippen LogP contribution in [0.15, 0.2) is 88.8 Å². The molecule has 3 aromatic rings. The second-order valence-corrected chi connectivity index (χ2v) is 9.00. The molecule has 3 aromatic carbocycles. The highest BCUT2D eigenvalue weighted by Gasteiger charge is 2.10. The molecule has 178 valence electrons. The van der Waals surface area contributed by atoms with Crippen molar-refractivity contribution in [2.45, 2.75) is 78.6 Å². The normalized spacial score (nSPS) is 12.2. The number of aryl methyl sites for hydroxylation is 3. The molecule has 0 saturated carbocycles. The molecular weight excluding hydrogens is 412 g/mol. The van der Waals surface area contributed by atoms with E-state index in [1.165, 1.54) is 42.4 Å². The molecule has 34 heavy (non-hydrogen) atoms. The summed E-state index contributed by atoms with van der Waals surface area (Å²) in [6.45, 7) is 6.66. The minimum atomic E-state index is 0.861. The van der Waals surface area contributed by atoms with Crippen molar-refractivity contribution in [3.8, 4) is 0 Å². The Morgan fingerprint density at radius 2 is 1.00 bits per heavy atom. The van der Waals surface area contributed by atoms with Gasteiger partial charge in [0.05, 0.1) is 22.8 Å². The van der Waals surface area contributed by atoms with E-state index in [4.69, 9.17) is 9.98 Å². The van der Waals surface area contributed by atoms with Gasteiger partial charge in [-0.2, -0.15) is 0 Å². The summed E-state index contributed by atoms with van der Waals surface area (Å²) in [5, 5.41) is 0. The number of benzene rings is 3. The SMILES string of the molecule is CCCCc1ccc(N=C(CC)C(CCc2ccccc2)=Nc2ccc(CCCC)cc2)cc1. The summed E-state index contributed by atoms with van der Waals surface area (Å²) in [5.41, 5.74) is 8.30. The Balaban J connectivity index is 1.85. The van der Waals surface area contributed by atoms with Crippen LogP contribution in [-0.4, -0.2) is 11.4 Å². The predicted octanol–water partition coefficient (Wildman–Crippen LogP) is 9.26. The van der Waals surface area contributed by atoms with Crippen LogP contribution < -0.4 is 0 Å². The maximum Gasteiger partial charge on any atom is 0.0633 e. The van der Waals surface area contributed by atoms with Crippen LogP contribution in [0.2, 0.25) is 0 Å². The number of rotatable bonds is 13. The number of aliphatic imine (C=N–C) groups is 2. The maximum absolute atomic E-state index is 5.11. The molecule has 0 amide bonds. The molecule has 0 unspecified atom stereocenters. The largest absolute Gasteiger partial charge is 0.252 e. The first-order chi connectivity index (χ1) is 16.7. The maximum atomic E-state index is 5.11. The molecule has 0 bridgehead atoms. The van der Waals surface area contributed by atoms with Crippen LogP contribution in [0, 0.1) is 0 Å². The van der Waals surface area contributed by atoms with E-state index in [0.29, 0.717) is 0 Å². The predicted molar refractivity (Wildman–Crippen MR) is 149 cm³/mol. The van der Waals surface area contributed by atoms with E-state index < -0.39 is 0 Å². The summed E-state index contributed by atoms with van der Waals surface area (Å²) >= 11 is 0. The number of nitrogens with zero attached hydrogens (tertiary/aromatic N) is 2. The summed E-state index contributed by atoms with van der Waals surface area (Å²) in [7, 11) is 0. The summed E-state index contributed by atoms with van der Waals surface area (Å²) in [6, 6.07) is 28.2. The van der Waals surface area contributed by atoms with Gasteiger partial charge in [-0.1, -0.05) is 88.2 Å². The topological polar surface area (TPSA) is 24.7 Å². The van der Waals surface area contributed by atoms with Gasteiger partial charge in [0.15, 0.2) is 0 Å². The van der Waals surface area contributed by atoms with Gasteiger partial charge >= 0.3 is 0 Å². The first-order valence-corrected chi connectivity index (χ1v) is 13.1. The fraction of sp³-hybridized carbons (Fsp3) is 0.375. The summed E-state index contributed by atoms with van der Waals surface area (Å²) in [6.07, 6.45) is 9.88. The van der Waals surface area contributed by atoms with E-state index in [0.717, 1.165) is 54.9 Å². The molecule has 2 nitrogen and oxygen atoms in total. The van der Waals surface area contributed by atoms with Crippen LogP contribution in [-0.2, 0) is 19.3 Å². The molecule has 0 spiro atoms. The molecule has 2 heteroatoms. The molecule has 3 rings (SSSR count). The summed E-state index contributed by atoms with van der Waals surface area (Å²) < 4.78 is 0. The van der Waals surface area contributed by atoms with E-state index >= 15 is 0 Å². The highest BCUT2D eigenvalue weighted by molar-refractivity contribution is 6.43. The van der Waals surface area contributed by atoms with Gasteiger partial charge in [-0.15, -0.1) is 0 Å². The van der Waals surface area contributed by atoms with E-state index in [9.17, 15) is 0 Å². The van der Waals surface area contributed by atoms with Crippen LogP contribution in [0.4, 0.5) is 11.4 Å². The quantitative estimate of drug-likeness (QED) is 0.231. The van der Waals surface area contributed by atoms with Crippen LogP contribution >= 0.6 is 0 Å². The molecule has 0 heterocycles. The fourth-order valence-electron chi connectivity index (χ4n) is 4.07. The highest BCUT2D eigenvalue weighted by Crippen LogP contribution is 2.20. The molecule has 0 fully saturated rings. The third kappa shape index (κ3) is 8.41. The smallest absolute Gasteiger partial charge is 0.0633 e. The Morgan fingerprint density at radius 1 is 0.529 bits per heavy atom. The Morgan fingerprint density at radius 3 is 1.47 bits per heavy atom. The van der Waals surface area contributed by atoms with Crippen LogP contribution in [0.5, 0.6) is 0 Å². The lowest BCUT2D eigenvalue weighted by molar-refractivity contribution is 0.795. The molecule has 0 aliphatic rings. The number of hydrogen-bond acceptors (Lipinski definition) is 2. The van der Waals surface area contributed by atoms with Gasteiger partial charge < -0.3 is 0 Å². The zero-order valence-electron chi connectivity index (χ0n) is 21.3. The van der Waals surface area contributed by atoms with E-state index in [-0.39, 0.29) is 0 Å². The average molecular weight is 453 g/mol. The Labute approximate surface area is 206 Å². The van der Waals surface area contributed by atoms with Crippen molar-refractivity contribution in [1.29, 1.82) is 0 Å². The van der Waals surface area contributed by atoms with Crippen molar-refractivity contribution in [3.63, 3.8) is 0 Å². The Bertz CT molecular complexity index is 1030. The second-order valence-electron chi connectivity index (χ2n) is 9.00. The first-order valence-electron chi connectivity index (χ1n) is 13.1. The zero-order valence-corrected chi connectivity index (χ0v) is 21.3. The molecule has 0 aliphatic heterocycles. The highest BCUT2D eigenvalue weighted by atomic mass is 14.8. The van der Waals surface area contributed by atoms with Gasteiger partial charge in [0, 0.05) is 0 Å². The molecule has 0 saturated heterocycles. The van der Waals surface area contributed by atoms with Crippen molar-refractivity contribution < 1.29 is 0 Å². The van der Waals surface area contributed by atoms with Gasteiger partial charge in [0.2, 0.25) is 0 Å². The van der Waals surface area contributed by atoms with E-state index in [1.807, 2.05) is 0 Å². The van der Waals surface area contributed by atoms with Gasteiger partial charge in [-0.05, 0) is 85.9 Å². The molecular formula is C32H40N2. The number of unbranched alkanes of at least 4 members (excludes halogenated alkanes) is 2. The number of hydrogen-bond donors (Lipinski definition) is 0. The van der Waals surface area contributed by atoms with Crippen LogP contribution in [0.1, 0.15) is 76.0 Å². The molecule has 0 radical (unpaired) electrons. The minimum Gasteiger partial charge on any atom is -0.252 e. The van der Waals surface area contributed by atoms with Gasteiger partial charge in [-0.3, -0.25) is 9.98 Å². The van der Waals surface area contributed by atoms with Crippen molar-refractivity contribution in [2.24, 2.45) is 9.98 Å². The molecule has 0 aromatic heterocycles. The first kappa shape index (κ1) is 25.6. The second kappa shape index (κ2) is 14.3. The van der Waals surface area contributed by atoms with Gasteiger partial charge in [-0.25, -0.2) is 0 Å². The van der Waals surface area contributed by atoms with Gasteiger partial charge in [0.1, 0.15) is 0 Å². The third-order valence-corrected chi connectivity index (χ3v) is 6.20. The monoisotopic (exact) mass is 452 g/mol. The van der Waals surface area contributed by atoms with Crippen molar-refractivity contribution in [1.82, 2.24) is 0 Å². The Hall–Kier alpha value is -3.00. The molecule has 0 aliphatic carbocycles. The van der Waals surface area contributed by atoms with Crippen molar-refractivity contribution in [2.75, 3.05) is 0 Å². The van der Waals surface area contributed by atoms with E-state index in [2.05, 4.69) is 99.6 Å². The summed E-state index contributed by atoms with van der Waals surface area (Å²) in [5.74, 6) is 0. The Kier molecular flexibility index (Phi) is 10.8.